The molecular weight excluding hydrogens is 240 g/mol. The third-order valence-electron chi connectivity index (χ3n) is 2.67. The van der Waals surface area contributed by atoms with Crippen LogP contribution in [0.15, 0.2) is 22.7 Å². The van der Waals surface area contributed by atoms with E-state index >= 15 is 0 Å². The molecule has 0 amide bonds. The highest BCUT2D eigenvalue weighted by Gasteiger charge is 2.15. The zero-order chi connectivity index (χ0) is 10.1. The zero-order valence-corrected chi connectivity index (χ0v) is 10.1. The highest BCUT2D eigenvalue weighted by molar-refractivity contribution is 9.10. The van der Waals surface area contributed by atoms with Crippen molar-refractivity contribution in [3.8, 4) is 0 Å². The largest absolute Gasteiger partial charge is 0.381 e. The van der Waals surface area contributed by atoms with Crippen LogP contribution in [0.25, 0.3) is 0 Å². The van der Waals surface area contributed by atoms with Crippen LogP contribution in [-0.4, -0.2) is 19.6 Å². The molecule has 0 saturated heterocycles. The highest BCUT2D eigenvalue weighted by atomic mass is 79.9. The van der Waals surface area contributed by atoms with E-state index < -0.39 is 0 Å². The third-order valence-corrected chi connectivity index (χ3v) is 3.16. The molecule has 1 N–H and O–H groups in total. The molecule has 1 aromatic rings. The lowest BCUT2D eigenvalue weighted by Gasteiger charge is -2.18. The Balaban J connectivity index is 2.42. The summed E-state index contributed by atoms with van der Waals surface area (Å²) in [5.74, 6) is 0. The SMILES string of the molecule is CC1CCN(C)c2cc(Br)ccc2N1. The molecule has 0 saturated carbocycles. The molecule has 1 atom stereocenters. The van der Waals surface area contributed by atoms with E-state index in [4.69, 9.17) is 0 Å². The highest BCUT2D eigenvalue weighted by Crippen LogP contribution is 2.31. The molecule has 1 aliphatic heterocycles. The smallest absolute Gasteiger partial charge is 0.0610 e. The molecule has 1 unspecified atom stereocenters. The van der Waals surface area contributed by atoms with Gasteiger partial charge in [0.25, 0.3) is 0 Å². The fraction of sp³-hybridized carbons (Fsp3) is 0.455. The topological polar surface area (TPSA) is 15.3 Å². The molecule has 0 fully saturated rings. The maximum absolute atomic E-state index is 3.52. The molecule has 0 aliphatic carbocycles. The molecule has 0 radical (unpaired) electrons. The zero-order valence-electron chi connectivity index (χ0n) is 8.55. The fourth-order valence-corrected chi connectivity index (χ4v) is 2.14. The first-order valence-corrected chi connectivity index (χ1v) is 5.73. The van der Waals surface area contributed by atoms with Gasteiger partial charge in [-0.1, -0.05) is 15.9 Å². The van der Waals surface area contributed by atoms with E-state index in [-0.39, 0.29) is 0 Å². The predicted octanol–water partition coefficient (Wildman–Crippen LogP) is 3.09. The summed E-state index contributed by atoms with van der Waals surface area (Å²) in [7, 11) is 2.14. The van der Waals surface area contributed by atoms with Gasteiger partial charge in [0.05, 0.1) is 11.4 Å². The number of nitrogens with zero attached hydrogens (tertiary/aromatic N) is 1. The van der Waals surface area contributed by atoms with Crippen LogP contribution < -0.4 is 10.2 Å². The summed E-state index contributed by atoms with van der Waals surface area (Å²) in [4.78, 5) is 2.30. The summed E-state index contributed by atoms with van der Waals surface area (Å²) < 4.78 is 1.14. The minimum Gasteiger partial charge on any atom is -0.381 e. The lowest BCUT2D eigenvalue weighted by Crippen LogP contribution is -2.19. The standard InChI is InChI=1S/C11H15BrN2/c1-8-5-6-14(2)11-7-9(12)3-4-10(11)13-8/h3-4,7-8,13H,5-6H2,1-2H3. The van der Waals surface area contributed by atoms with Crippen molar-refractivity contribution in [2.24, 2.45) is 0 Å². The fourth-order valence-electron chi connectivity index (χ4n) is 1.79. The van der Waals surface area contributed by atoms with Crippen molar-refractivity contribution in [1.82, 2.24) is 0 Å². The first-order valence-electron chi connectivity index (χ1n) is 4.94. The first-order chi connectivity index (χ1) is 6.66. The van der Waals surface area contributed by atoms with E-state index in [0.717, 1.165) is 11.0 Å². The Morgan fingerprint density at radius 3 is 3.07 bits per heavy atom. The van der Waals surface area contributed by atoms with Crippen molar-refractivity contribution < 1.29 is 0 Å². The Bertz CT molecular complexity index is 338. The van der Waals surface area contributed by atoms with Crippen LogP contribution in [0.1, 0.15) is 13.3 Å². The second-order valence-electron chi connectivity index (χ2n) is 3.92. The Kier molecular flexibility index (Phi) is 2.68. The van der Waals surface area contributed by atoms with Crippen LogP contribution in [0.4, 0.5) is 11.4 Å². The van der Waals surface area contributed by atoms with Gasteiger partial charge in [-0.2, -0.15) is 0 Å². The summed E-state index contributed by atoms with van der Waals surface area (Å²) in [6.07, 6.45) is 1.18. The van der Waals surface area contributed by atoms with Gasteiger partial charge in [-0.15, -0.1) is 0 Å². The number of halogens is 1. The molecule has 1 heterocycles. The van der Waals surface area contributed by atoms with E-state index in [2.05, 4.69) is 58.3 Å². The van der Waals surface area contributed by atoms with Gasteiger partial charge in [0.15, 0.2) is 0 Å². The second-order valence-corrected chi connectivity index (χ2v) is 4.83. The molecule has 2 nitrogen and oxygen atoms in total. The van der Waals surface area contributed by atoms with Crippen LogP contribution in [0, 0.1) is 0 Å². The Labute approximate surface area is 93.4 Å². The summed E-state index contributed by atoms with van der Waals surface area (Å²) >= 11 is 3.50. The van der Waals surface area contributed by atoms with Crippen molar-refractivity contribution in [3.05, 3.63) is 22.7 Å². The van der Waals surface area contributed by atoms with Gasteiger partial charge >= 0.3 is 0 Å². The molecule has 3 heteroatoms. The normalized spacial score (nSPS) is 21.1. The van der Waals surface area contributed by atoms with Gasteiger partial charge in [0.1, 0.15) is 0 Å². The Morgan fingerprint density at radius 1 is 1.50 bits per heavy atom. The maximum Gasteiger partial charge on any atom is 0.0610 e. The molecule has 2 rings (SSSR count). The van der Waals surface area contributed by atoms with Gasteiger partial charge in [-0.3, -0.25) is 0 Å². The van der Waals surface area contributed by atoms with Crippen LogP contribution in [-0.2, 0) is 0 Å². The van der Waals surface area contributed by atoms with Crippen molar-refractivity contribution in [2.75, 3.05) is 23.8 Å². The van der Waals surface area contributed by atoms with Crippen molar-refractivity contribution in [1.29, 1.82) is 0 Å². The molecular formula is C11H15BrN2. The summed E-state index contributed by atoms with van der Waals surface area (Å²) in [6.45, 7) is 3.34. The Morgan fingerprint density at radius 2 is 2.29 bits per heavy atom. The Hall–Kier alpha value is -0.700. The number of anilines is 2. The second kappa shape index (κ2) is 3.81. The van der Waals surface area contributed by atoms with Gasteiger partial charge < -0.3 is 10.2 Å². The molecule has 1 aromatic carbocycles. The average molecular weight is 255 g/mol. The number of rotatable bonds is 0. The summed E-state index contributed by atoms with van der Waals surface area (Å²) in [5.41, 5.74) is 2.52. The number of nitrogens with one attached hydrogen (secondary N) is 1. The number of hydrogen-bond acceptors (Lipinski definition) is 2. The quantitative estimate of drug-likeness (QED) is 0.766. The van der Waals surface area contributed by atoms with Crippen molar-refractivity contribution in [2.45, 2.75) is 19.4 Å². The number of fused-ring (bicyclic) bond motifs is 1. The van der Waals surface area contributed by atoms with E-state index in [0.29, 0.717) is 6.04 Å². The molecule has 76 valence electrons. The van der Waals surface area contributed by atoms with E-state index in [1.807, 2.05) is 0 Å². The minimum atomic E-state index is 0.555. The van der Waals surface area contributed by atoms with Crippen LogP contribution in [0.5, 0.6) is 0 Å². The van der Waals surface area contributed by atoms with Crippen LogP contribution in [0.3, 0.4) is 0 Å². The van der Waals surface area contributed by atoms with E-state index in [9.17, 15) is 0 Å². The monoisotopic (exact) mass is 254 g/mol. The summed E-state index contributed by atoms with van der Waals surface area (Å²) in [5, 5.41) is 3.52. The van der Waals surface area contributed by atoms with Gasteiger partial charge in [0.2, 0.25) is 0 Å². The van der Waals surface area contributed by atoms with E-state index in [1.165, 1.54) is 17.8 Å². The van der Waals surface area contributed by atoms with E-state index in [1.54, 1.807) is 0 Å². The number of benzene rings is 1. The molecule has 0 spiro atoms. The lowest BCUT2D eigenvalue weighted by molar-refractivity contribution is 0.711. The van der Waals surface area contributed by atoms with Gasteiger partial charge in [-0.25, -0.2) is 0 Å². The third kappa shape index (κ3) is 1.87. The molecule has 0 aromatic heterocycles. The average Bonchev–Trinajstić information content (AvgIpc) is 2.29. The molecule has 1 aliphatic rings. The lowest BCUT2D eigenvalue weighted by atomic mass is 10.2. The number of hydrogen-bond donors (Lipinski definition) is 1. The van der Waals surface area contributed by atoms with Gasteiger partial charge in [0, 0.05) is 24.1 Å². The molecule has 0 bridgehead atoms. The van der Waals surface area contributed by atoms with Crippen molar-refractivity contribution in [3.63, 3.8) is 0 Å². The van der Waals surface area contributed by atoms with Crippen LogP contribution in [0.2, 0.25) is 0 Å². The predicted molar refractivity (Wildman–Crippen MR) is 65.1 cm³/mol. The molecule has 14 heavy (non-hydrogen) atoms. The minimum absolute atomic E-state index is 0.555. The van der Waals surface area contributed by atoms with Crippen molar-refractivity contribution >= 4 is 27.3 Å². The van der Waals surface area contributed by atoms with Gasteiger partial charge in [-0.05, 0) is 31.5 Å². The summed E-state index contributed by atoms with van der Waals surface area (Å²) in [6, 6.07) is 6.94. The maximum atomic E-state index is 3.52. The van der Waals surface area contributed by atoms with Crippen LogP contribution >= 0.6 is 15.9 Å². The first kappa shape index (κ1) is 9.84.